The third-order valence-electron chi connectivity index (χ3n) is 3.71. The average Bonchev–Trinajstić information content (AvgIpc) is 3.09. The van der Waals surface area contributed by atoms with Gasteiger partial charge in [0, 0.05) is 16.8 Å². The van der Waals surface area contributed by atoms with Gasteiger partial charge in [-0.3, -0.25) is 10.3 Å². The number of aryl methyl sites for hydroxylation is 1. The Morgan fingerprint density at radius 3 is 2.74 bits per heavy atom. The molecular formula is C16H11N4O3-. The van der Waals surface area contributed by atoms with Crippen LogP contribution in [0.1, 0.15) is 11.4 Å². The molecule has 0 saturated heterocycles. The fraction of sp³-hybridized carbons (Fsp3) is 0.125. The molecule has 0 unspecified atom stereocenters. The molecule has 2 aromatic heterocycles. The van der Waals surface area contributed by atoms with Crippen molar-refractivity contribution in [2.24, 2.45) is 0 Å². The van der Waals surface area contributed by atoms with Gasteiger partial charge in [-0.1, -0.05) is 18.2 Å². The summed E-state index contributed by atoms with van der Waals surface area (Å²) in [6.07, 6.45) is 0. The molecule has 114 valence electrons. The van der Waals surface area contributed by atoms with E-state index in [2.05, 4.69) is 20.6 Å². The minimum atomic E-state index is -0.360. The quantitative estimate of drug-likeness (QED) is 0.422. The van der Waals surface area contributed by atoms with Crippen molar-refractivity contribution in [3.8, 4) is 5.75 Å². The minimum Gasteiger partial charge on any atom is -0.488 e. The van der Waals surface area contributed by atoms with Gasteiger partial charge < -0.3 is 14.3 Å². The molecule has 0 bridgehead atoms. The highest BCUT2D eigenvalue weighted by Gasteiger charge is 2.12. The number of ether oxygens (including phenoxy) is 1. The first kappa shape index (κ1) is 13.4. The molecule has 0 N–H and O–H groups in total. The normalized spacial score (nSPS) is 11.2. The molecule has 2 aromatic carbocycles. The van der Waals surface area contributed by atoms with Crippen molar-refractivity contribution in [1.29, 1.82) is 0 Å². The molecule has 0 aliphatic rings. The number of hydrogen-bond donors (Lipinski definition) is 0. The topological polar surface area (TPSA) is 92.2 Å². The zero-order valence-electron chi connectivity index (χ0n) is 12.2. The maximum atomic E-state index is 12.2. The van der Waals surface area contributed by atoms with Crippen molar-refractivity contribution < 1.29 is 9.15 Å². The van der Waals surface area contributed by atoms with Crippen LogP contribution in [0.15, 0.2) is 45.6 Å². The van der Waals surface area contributed by atoms with Crippen molar-refractivity contribution in [3.05, 3.63) is 58.2 Å². The Morgan fingerprint density at radius 1 is 1.13 bits per heavy atom. The van der Waals surface area contributed by atoms with Crippen molar-refractivity contribution in [2.75, 3.05) is 0 Å². The fourth-order valence-corrected chi connectivity index (χ4v) is 2.58. The molecule has 4 rings (SSSR count). The van der Waals surface area contributed by atoms with Crippen LogP contribution in [0.25, 0.3) is 21.7 Å². The first-order valence-electron chi connectivity index (χ1n) is 6.99. The number of aromatic nitrogens is 4. The van der Waals surface area contributed by atoms with Gasteiger partial charge in [-0.15, -0.1) is 0 Å². The molecule has 0 aliphatic carbocycles. The molecule has 7 nitrogen and oxygen atoms in total. The van der Waals surface area contributed by atoms with Crippen LogP contribution in [-0.4, -0.2) is 15.5 Å². The summed E-state index contributed by atoms with van der Waals surface area (Å²) in [4.78, 5) is 12.2. The minimum absolute atomic E-state index is 0.150. The molecule has 0 atom stereocenters. The second-order valence-corrected chi connectivity index (χ2v) is 5.08. The first-order chi connectivity index (χ1) is 11.2. The number of tetrazole rings is 1. The molecular weight excluding hydrogens is 296 g/mol. The highest BCUT2D eigenvalue weighted by atomic mass is 16.5. The van der Waals surface area contributed by atoms with Crippen LogP contribution in [-0.2, 0) is 6.61 Å². The summed E-state index contributed by atoms with van der Waals surface area (Å²) >= 11 is 0. The van der Waals surface area contributed by atoms with Crippen LogP contribution in [0.5, 0.6) is 5.75 Å². The van der Waals surface area contributed by atoms with Crippen molar-refractivity contribution in [1.82, 2.24) is 20.6 Å². The largest absolute Gasteiger partial charge is 0.488 e. The molecule has 0 aliphatic heterocycles. The second-order valence-electron chi connectivity index (χ2n) is 5.08. The molecule has 0 saturated carbocycles. The summed E-state index contributed by atoms with van der Waals surface area (Å²) in [5.41, 5.74) is 0.907. The van der Waals surface area contributed by atoms with Crippen molar-refractivity contribution in [2.45, 2.75) is 13.5 Å². The zero-order chi connectivity index (χ0) is 15.8. The zero-order valence-corrected chi connectivity index (χ0v) is 12.2. The molecule has 7 heteroatoms. The van der Waals surface area contributed by atoms with Crippen LogP contribution in [0.4, 0.5) is 0 Å². The predicted molar refractivity (Wildman–Crippen MR) is 82.2 cm³/mol. The summed E-state index contributed by atoms with van der Waals surface area (Å²) in [7, 11) is 0. The summed E-state index contributed by atoms with van der Waals surface area (Å²) in [5, 5.41) is 16.5. The Balaban J connectivity index is 1.84. The Labute approximate surface area is 129 Å². The maximum absolute atomic E-state index is 12.2. The van der Waals surface area contributed by atoms with Crippen LogP contribution in [0.3, 0.4) is 0 Å². The van der Waals surface area contributed by atoms with Crippen molar-refractivity contribution >= 4 is 21.7 Å². The summed E-state index contributed by atoms with van der Waals surface area (Å²) in [5.74, 6) is 0.991. The summed E-state index contributed by atoms with van der Waals surface area (Å²) in [6, 6.07) is 11.1. The van der Waals surface area contributed by atoms with Gasteiger partial charge in [0.2, 0.25) is 0 Å². The van der Waals surface area contributed by atoms with Gasteiger partial charge in [0.1, 0.15) is 17.9 Å². The van der Waals surface area contributed by atoms with E-state index in [1.807, 2.05) is 37.3 Å². The van der Waals surface area contributed by atoms with Crippen LogP contribution in [0, 0.1) is 6.92 Å². The van der Waals surface area contributed by atoms with E-state index in [1.54, 1.807) is 6.07 Å². The molecule has 0 radical (unpaired) electrons. The van der Waals surface area contributed by atoms with Crippen molar-refractivity contribution in [3.63, 3.8) is 0 Å². The Bertz CT molecular complexity index is 1050. The van der Waals surface area contributed by atoms with E-state index in [9.17, 15) is 4.79 Å². The predicted octanol–water partition coefficient (Wildman–Crippen LogP) is 1.98. The lowest BCUT2D eigenvalue weighted by Gasteiger charge is -2.11. The maximum Gasteiger partial charge on any atom is 0.344 e. The first-order valence-corrected chi connectivity index (χ1v) is 6.99. The number of nitrogens with zero attached hydrogens (tertiary/aromatic N) is 4. The lowest BCUT2D eigenvalue weighted by molar-refractivity contribution is 0.293. The van der Waals surface area contributed by atoms with Gasteiger partial charge in [0.05, 0.1) is 5.39 Å². The van der Waals surface area contributed by atoms with Crippen LogP contribution < -0.4 is 15.5 Å². The third-order valence-corrected chi connectivity index (χ3v) is 3.71. The van der Waals surface area contributed by atoms with Gasteiger partial charge in [0.15, 0.2) is 0 Å². The molecule has 4 aromatic rings. The van der Waals surface area contributed by atoms with Crippen LogP contribution in [0.2, 0.25) is 0 Å². The van der Waals surface area contributed by atoms with E-state index in [0.717, 1.165) is 16.3 Å². The summed E-state index contributed by atoms with van der Waals surface area (Å²) in [6.45, 7) is 1.99. The standard InChI is InChI=1S/C16H11N4O3/c1-9-13(22-8-14-17-19-20-18-14)7-6-11-10-4-2-3-5-12(10)16(21)23-15(9)11/h2-7H,8H2,1H3/q-1. The SMILES string of the molecule is Cc1c(OCc2nnn[n-]2)ccc2c1oc(=O)c1ccccc12. The van der Waals surface area contributed by atoms with E-state index in [-0.39, 0.29) is 12.2 Å². The molecule has 0 fully saturated rings. The van der Waals surface area contributed by atoms with Gasteiger partial charge in [-0.05, 0) is 30.5 Å². The lowest BCUT2D eigenvalue weighted by Crippen LogP contribution is -2.03. The van der Waals surface area contributed by atoms with Crippen LogP contribution >= 0.6 is 0 Å². The second kappa shape index (κ2) is 5.20. The highest BCUT2D eigenvalue weighted by molar-refractivity contribution is 6.05. The van der Waals surface area contributed by atoms with Gasteiger partial charge in [-0.2, -0.15) is 5.21 Å². The van der Waals surface area contributed by atoms with Gasteiger partial charge in [-0.25, -0.2) is 4.79 Å². The monoisotopic (exact) mass is 307 g/mol. The smallest absolute Gasteiger partial charge is 0.344 e. The molecule has 23 heavy (non-hydrogen) atoms. The Hall–Kier alpha value is -3.22. The van der Waals surface area contributed by atoms with E-state index >= 15 is 0 Å². The number of benzene rings is 2. The number of hydrogen-bond acceptors (Lipinski definition) is 6. The molecule has 0 amide bonds. The van der Waals surface area contributed by atoms with E-state index in [4.69, 9.17) is 9.15 Å². The Kier molecular flexibility index (Phi) is 3.04. The molecule has 0 spiro atoms. The molecule has 2 heterocycles. The lowest BCUT2D eigenvalue weighted by atomic mass is 10.0. The fourth-order valence-electron chi connectivity index (χ4n) is 2.58. The van der Waals surface area contributed by atoms with Gasteiger partial charge >= 0.3 is 5.63 Å². The third kappa shape index (κ3) is 2.22. The number of rotatable bonds is 3. The Morgan fingerprint density at radius 2 is 1.96 bits per heavy atom. The number of fused-ring (bicyclic) bond motifs is 3. The summed E-state index contributed by atoms with van der Waals surface area (Å²) < 4.78 is 11.2. The average molecular weight is 307 g/mol. The van der Waals surface area contributed by atoms with E-state index in [1.165, 1.54) is 0 Å². The highest BCUT2D eigenvalue weighted by Crippen LogP contribution is 2.30. The van der Waals surface area contributed by atoms with Gasteiger partial charge in [0.25, 0.3) is 0 Å². The van der Waals surface area contributed by atoms with E-state index < -0.39 is 0 Å². The van der Waals surface area contributed by atoms with E-state index in [0.29, 0.717) is 22.5 Å².